The van der Waals surface area contributed by atoms with Gasteiger partial charge in [-0.25, -0.2) is 5.43 Å². The molecule has 1 heterocycles. The van der Waals surface area contributed by atoms with Crippen molar-refractivity contribution >= 4 is 11.6 Å². The van der Waals surface area contributed by atoms with Crippen LogP contribution >= 0.6 is 11.6 Å². The molecule has 1 unspecified atom stereocenters. The lowest BCUT2D eigenvalue weighted by molar-refractivity contribution is 0.619. The van der Waals surface area contributed by atoms with Crippen molar-refractivity contribution in [1.82, 2.24) is 10.4 Å². The number of nitrogens with zero attached hydrogens (tertiary/aromatic N) is 1. The van der Waals surface area contributed by atoms with Gasteiger partial charge in [0.25, 0.3) is 0 Å². The number of hydrogen-bond donors (Lipinski definition) is 2. The van der Waals surface area contributed by atoms with E-state index < -0.39 is 0 Å². The van der Waals surface area contributed by atoms with Crippen LogP contribution in [-0.2, 0) is 0 Å². The molecule has 0 bridgehead atoms. The zero-order chi connectivity index (χ0) is 12.3. The summed E-state index contributed by atoms with van der Waals surface area (Å²) >= 11 is 5.86. The lowest BCUT2D eigenvalue weighted by Crippen LogP contribution is -2.29. The van der Waals surface area contributed by atoms with Gasteiger partial charge in [-0.1, -0.05) is 29.8 Å². The van der Waals surface area contributed by atoms with E-state index in [0.29, 0.717) is 5.02 Å². The van der Waals surface area contributed by atoms with Crippen LogP contribution in [0, 0.1) is 6.92 Å². The van der Waals surface area contributed by atoms with Crippen molar-refractivity contribution in [1.29, 1.82) is 0 Å². The van der Waals surface area contributed by atoms with E-state index >= 15 is 0 Å². The Bertz CT molecular complexity index is 496. The first-order chi connectivity index (χ1) is 8.20. The third-order valence-electron chi connectivity index (χ3n) is 2.58. The Morgan fingerprint density at radius 1 is 1.18 bits per heavy atom. The zero-order valence-electron chi connectivity index (χ0n) is 9.52. The maximum atomic E-state index is 5.86. The molecular weight excluding hydrogens is 234 g/mol. The van der Waals surface area contributed by atoms with E-state index in [-0.39, 0.29) is 6.04 Å². The third-order valence-corrected chi connectivity index (χ3v) is 2.83. The SMILES string of the molecule is Cc1cccc(C(NN)c2ccc(Cl)cc2)n1. The number of hydrazine groups is 1. The highest BCUT2D eigenvalue weighted by Crippen LogP contribution is 2.21. The van der Waals surface area contributed by atoms with Gasteiger partial charge in [-0.05, 0) is 36.8 Å². The van der Waals surface area contributed by atoms with Crippen molar-refractivity contribution < 1.29 is 0 Å². The molecule has 1 atom stereocenters. The van der Waals surface area contributed by atoms with Gasteiger partial charge in [0.15, 0.2) is 0 Å². The van der Waals surface area contributed by atoms with Crippen molar-refractivity contribution in [2.45, 2.75) is 13.0 Å². The maximum Gasteiger partial charge on any atom is 0.0881 e. The van der Waals surface area contributed by atoms with Gasteiger partial charge in [-0.15, -0.1) is 0 Å². The van der Waals surface area contributed by atoms with Crippen LogP contribution in [0.1, 0.15) is 23.0 Å². The topological polar surface area (TPSA) is 50.9 Å². The van der Waals surface area contributed by atoms with Gasteiger partial charge < -0.3 is 0 Å². The van der Waals surface area contributed by atoms with Gasteiger partial charge in [0, 0.05) is 10.7 Å². The largest absolute Gasteiger partial charge is 0.271 e. The summed E-state index contributed by atoms with van der Waals surface area (Å²) in [4.78, 5) is 4.47. The molecule has 2 rings (SSSR count). The number of nitrogens with one attached hydrogen (secondary N) is 1. The Balaban J connectivity index is 2.36. The lowest BCUT2D eigenvalue weighted by Gasteiger charge is -2.16. The first kappa shape index (κ1) is 12.0. The average molecular weight is 248 g/mol. The van der Waals surface area contributed by atoms with Gasteiger partial charge in [0.2, 0.25) is 0 Å². The van der Waals surface area contributed by atoms with E-state index in [1.54, 1.807) is 0 Å². The van der Waals surface area contributed by atoms with Crippen LogP contribution < -0.4 is 11.3 Å². The Kier molecular flexibility index (Phi) is 3.74. The van der Waals surface area contributed by atoms with Crippen molar-refractivity contribution in [3.05, 3.63) is 64.4 Å². The quantitative estimate of drug-likeness (QED) is 0.648. The number of nitrogens with two attached hydrogens (primary N) is 1. The minimum absolute atomic E-state index is 0.118. The average Bonchev–Trinajstić information content (AvgIpc) is 2.33. The van der Waals surface area contributed by atoms with Crippen LogP contribution in [0.3, 0.4) is 0 Å². The molecule has 0 saturated carbocycles. The lowest BCUT2D eigenvalue weighted by atomic mass is 10.0. The van der Waals surface area contributed by atoms with E-state index in [1.807, 2.05) is 49.4 Å². The van der Waals surface area contributed by atoms with Gasteiger partial charge in [0.1, 0.15) is 0 Å². The van der Waals surface area contributed by atoms with Crippen LogP contribution in [-0.4, -0.2) is 4.98 Å². The molecule has 0 aliphatic rings. The van der Waals surface area contributed by atoms with Crippen molar-refractivity contribution in [3.63, 3.8) is 0 Å². The van der Waals surface area contributed by atoms with Crippen molar-refractivity contribution in [2.24, 2.45) is 5.84 Å². The van der Waals surface area contributed by atoms with Gasteiger partial charge in [-0.3, -0.25) is 10.8 Å². The second-order valence-electron chi connectivity index (χ2n) is 3.86. The fourth-order valence-corrected chi connectivity index (χ4v) is 1.86. The van der Waals surface area contributed by atoms with E-state index in [2.05, 4.69) is 10.4 Å². The minimum atomic E-state index is -0.118. The van der Waals surface area contributed by atoms with E-state index in [1.165, 1.54) is 0 Å². The molecule has 1 aromatic heterocycles. The minimum Gasteiger partial charge on any atom is -0.271 e. The highest BCUT2D eigenvalue weighted by Gasteiger charge is 2.13. The van der Waals surface area contributed by atoms with E-state index in [4.69, 9.17) is 17.4 Å². The molecule has 0 aliphatic carbocycles. The summed E-state index contributed by atoms with van der Waals surface area (Å²) < 4.78 is 0. The maximum absolute atomic E-state index is 5.86. The molecule has 0 spiro atoms. The van der Waals surface area contributed by atoms with E-state index in [9.17, 15) is 0 Å². The number of pyridine rings is 1. The Morgan fingerprint density at radius 3 is 2.47 bits per heavy atom. The van der Waals surface area contributed by atoms with Gasteiger partial charge >= 0.3 is 0 Å². The van der Waals surface area contributed by atoms with Crippen LogP contribution in [0.25, 0.3) is 0 Å². The molecule has 0 saturated heterocycles. The highest BCUT2D eigenvalue weighted by atomic mass is 35.5. The fraction of sp³-hybridized carbons (Fsp3) is 0.154. The van der Waals surface area contributed by atoms with Crippen LogP contribution in [0.2, 0.25) is 5.02 Å². The number of hydrogen-bond acceptors (Lipinski definition) is 3. The summed E-state index contributed by atoms with van der Waals surface area (Å²) in [5, 5.41) is 0.710. The molecule has 3 nitrogen and oxygen atoms in total. The van der Waals surface area contributed by atoms with Crippen molar-refractivity contribution in [2.75, 3.05) is 0 Å². The second kappa shape index (κ2) is 5.27. The van der Waals surface area contributed by atoms with Crippen molar-refractivity contribution in [3.8, 4) is 0 Å². The molecule has 0 aliphatic heterocycles. The summed E-state index contributed by atoms with van der Waals surface area (Å²) in [6, 6.07) is 13.3. The molecule has 1 aromatic carbocycles. The second-order valence-corrected chi connectivity index (χ2v) is 4.29. The number of rotatable bonds is 3. The summed E-state index contributed by atoms with van der Waals surface area (Å²) in [7, 11) is 0. The normalized spacial score (nSPS) is 12.4. The number of aromatic nitrogens is 1. The first-order valence-corrected chi connectivity index (χ1v) is 5.73. The molecule has 4 heteroatoms. The first-order valence-electron chi connectivity index (χ1n) is 5.36. The predicted molar refractivity (Wildman–Crippen MR) is 69.6 cm³/mol. The third kappa shape index (κ3) is 2.82. The summed E-state index contributed by atoms with van der Waals surface area (Å²) in [6.45, 7) is 1.96. The highest BCUT2D eigenvalue weighted by molar-refractivity contribution is 6.30. The fourth-order valence-electron chi connectivity index (χ4n) is 1.73. The van der Waals surface area contributed by atoms with Crippen LogP contribution in [0.15, 0.2) is 42.5 Å². The molecule has 3 N–H and O–H groups in total. The molecular formula is C13H14ClN3. The molecule has 0 fully saturated rings. The van der Waals surface area contributed by atoms with E-state index in [0.717, 1.165) is 17.0 Å². The smallest absolute Gasteiger partial charge is 0.0881 e. The molecule has 0 radical (unpaired) electrons. The molecule has 2 aromatic rings. The van der Waals surface area contributed by atoms with Crippen LogP contribution in [0.4, 0.5) is 0 Å². The molecule has 0 amide bonds. The standard InChI is InChI=1S/C13H14ClN3/c1-9-3-2-4-12(16-9)13(17-15)10-5-7-11(14)8-6-10/h2-8,13,17H,15H2,1H3. The Labute approximate surface area is 106 Å². The summed E-state index contributed by atoms with van der Waals surface area (Å²) in [5.41, 5.74) is 5.68. The number of benzene rings is 1. The monoisotopic (exact) mass is 247 g/mol. The summed E-state index contributed by atoms with van der Waals surface area (Å²) in [6.07, 6.45) is 0. The summed E-state index contributed by atoms with van der Waals surface area (Å²) in [5.74, 6) is 5.60. The van der Waals surface area contributed by atoms with Gasteiger partial charge in [-0.2, -0.15) is 0 Å². The van der Waals surface area contributed by atoms with Crippen LogP contribution in [0.5, 0.6) is 0 Å². The molecule has 88 valence electrons. The Morgan fingerprint density at radius 2 is 1.88 bits per heavy atom. The molecule has 17 heavy (non-hydrogen) atoms. The zero-order valence-corrected chi connectivity index (χ0v) is 10.3. The number of halogens is 1. The number of aryl methyl sites for hydroxylation is 1. The Hall–Kier alpha value is -1.42. The van der Waals surface area contributed by atoms with Gasteiger partial charge in [0.05, 0.1) is 11.7 Å². The predicted octanol–water partition coefficient (Wildman–Crippen LogP) is 2.60.